The zero-order chi connectivity index (χ0) is 20.4. The van der Waals surface area contributed by atoms with E-state index >= 15 is 0 Å². The Labute approximate surface area is 188 Å². The molecule has 0 amide bonds. The van der Waals surface area contributed by atoms with Crippen LogP contribution in [0.3, 0.4) is 0 Å². The van der Waals surface area contributed by atoms with Gasteiger partial charge in [-0.3, -0.25) is 5.32 Å². The average Bonchev–Trinajstić information content (AvgIpc) is 2.67. The Morgan fingerprint density at radius 2 is 0.933 bits per heavy atom. The lowest BCUT2D eigenvalue weighted by molar-refractivity contribution is 0.123. The third-order valence-electron chi connectivity index (χ3n) is 9.39. The second kappa shape index (κ2) is 12.5. The third-order valence-corrected chi connectivity index (χ3v) is 9.39. The van der Waals surface area contributed by atoms with E-state index in [0.29, 0.717) is 0 Å². The molecule has 1 heterocycles. The first-order valence-electron chi connectivity index (χ1n) is 14.3. The van der Waals surface area contributed by atoms with E-state index in [2.05, 4.69) is 6.20 Å². The summed E-state index contributed by atoms with van der Waals surface area (Å²) in [5, 5.41) is 5.12. The number of hydrogen-bond donors (Lipinski definition) is 0. The maximum Gasteiger partial charge on any atom is 0.0426 e. The van der Waals surface area contributed by atoms with E-state index in [1.165, 1.54) is 135 Å². The van der Waals surface area contributed by atoms with E-state index in [0.717, 1.165) is 36.1 Å². The monoisotopic (exact) mass is 412 g/mol. The van der Waals surface area contributed by atoms with Crippen molar-refractivity contribution >= 4 is 0 Å². The summed E-state index contributed by atoms with van der Waals surface area (Å²) in [5.74, 6) is 4.54. The van der Waals surface area contributed by atoms with Crippen LogP contribution >= 0.6 is 0 Å². The van der Waals surface area contributed by atoms with Gasteiger partial charge in [-0.05, 0) is 60.8 Å². The first kappa shape index (κ1) is 22.7. The zero-order valence-corrected chi connectivity index (χ0v) is 20.0. The molecule has 0 N–H and O–H groups in total. The van der Waals surface area contributed by atoms with Crippen LogP contribution in [0.2, 0.25) is 0 Å². The van der Waals surface area contributed by atoms with Gasteiger partial charge < -0.3 is 0 Å². The van der Waals surface area contributed by atoms with Gasteiger partial charge in [0.15, 0.2) is 0 Å². The van der Waals surface area contributed by atoms with Gasteiger partial charge in [0, 0.05) is 12.7 Å². The molecule has 30 heavy (non-hydrogen) atoms. The second-order valence-electron chi connectivity index (χ2n) is 11.4. The van der Waals surface area contributed by atoms with Crippen molar-refractivity contribution in [3.05, 3.63) is 11.8 Å². The molecule has 0 aromatic heterocycles. The van der Waals surface area contributed by atoms with E-state index in [4.69, 9.17) is 5.32 Å². The van der Waals surface area contributed by atoms with Crippen molar-refractivity contribution in [3.8, 4) is 0 Å². The molecule has 1 nitrogen and oxygen atoms in total. The molecule has 1 aliphatic heterocycles. The SMILES string of the molecule is C1=C(C2CCCCCCC2)C(C2CCCCCCC2)C(C2CCCCCCC2)C[N]1. The normalized spacial score (nSPS) is 32.5. The number of hydrogen-bond acceptors (Lipinski definition) is 0. The number of nitrogens with zero attached hydrogens (tertiary/aromatic N) is 1. The van der Waals surface area contributed by atoms with Crippen LogP contribution < -0.4 is 5.32 Å². The van der Waals surface area contributed by atoms with Crippen molar-refractivity contribution in [2.45, 2.75) is 135 Å². The molecule has 3 fully saturated rings. The van der Waals surface area contributed by atoms with Crippen molar-refractivity contribution in [2.24, 2.45) is 29.6 Å². The predicted molar refractivity (Wildman–Crippen MR) is 129 cm³/mol. The highest BCUT2D eigenvalue weighted by Gasteiger charge is 2.40. The van der Waals surface area contributed by atoms with Crippen LogP contribution in [0.25, 0.3) is 0 Å². The molecule has 4 aliphatic rings. The third kappa shape index (κ3) is 6.29. The van der Waals surface area contributed by atoms with Gasteiger partial charge in [-0.1, -0.05) is 109 Å². The van der Waals surface area contributed by atoms with E-state index in [9.17, 15) is 0 Å². The minimum atomic E-state index is 0.862. The van der Waals surface area contributed by atoms with E-state index in [1.54, 1.807) is 0 Å². The van der Waals surface area contributed by atoms with Crippen molar-refractivity contribution in [2.75, 3.05) is 6.54 Å². The van der Waals surface area contributed by atoms with Crippen LogP contribution in [0, 0.1) is 29.6 Å². The summed E-state index contributed by atoms with van der Waals surface area (Å²) >= 11 is 0. The highest BCUT2D eigenvalue weighted by molar-refractivity contribution is 5.17. The Balaban J connectivity index is 1.56. The van der Waals surface area contributed by atoms with Crippen LogP contribution in [0.15, 0.2) is 11.8 Å². The molecule has 2 atom stereocenters. The average molecular weight is 413 g/mol. The smallest absolute Gasteiger partial charge is 0.0426 e. The quantitative estimate of drug-likeness (QED) is 0.439. The summed E-state index contributed by atoms with van der Waals surface area (Å²) in [5.41, 5.74) is 1.86. The maximum atomic E-state index is 5.12. The van der Waals surface area contributed by atoms with Crippen molar-refractivity contribution in [1.82, 2.24) is 5.32 Å². The van der Waals surface area contributed by atoms with Crippen LogP contribution in [-0.4, -0.2) is 6.54 Å². The zero-order valence-electron chi connectivity index (χ0n) is 20.0. The van der Waals surface area contributed by atoms with Gasteiger partial charge in [-0.2, -0.15) is 0 Å². The van der Waals surface area contributed by atoms with Gasteiger partial charge in [0.05, 0.1) is 0 Å². The first-order valence-corrected chi connectivity index (χ1v) is 14.3. The molecule has 3 aliphatic carbocycles. The van der Waals surface area contributed by atoms with Crippen LogP contribution in [-0.2, 0) is 0 Å². The fourth-order valence-electron chi connectivity index (χ4n) is 7.72. The molecule has 0 spiro atoms. The molecule has 171 valence electrons. The van der Waals surface area contributed by atoms with Gasteiger partial charge in [-0.25, -0.2) is 0 Å². The van der Waals surface area contributed by atoms with Crippen LogP contribution in [0.5, 0.6) is 0 Å². The van der Waals surface area contributed by atoms with Gasteiger partial charge in [0.2, 0.25) is 0 Å². The van der Waals surface area contributed by atoms with E-state index < -0.39 is 0 Å². The summed E-state index contributed by atoms with van der Waals surface area (Å²) in [6.45, 7) is 1.15. The number of rotatable bonds is 3. The fraction of sp³-hybridized carbons (Fsp3) is 0.931. The standard InChI is InChI=1S/C29H50N/c1-4-10-16-24(17-11-5-1)27-22-30-23-28(25-18-12-6-2-7-13-19-25)29(27)26-20-14-8-3-9-15-21-26/h22,24-26,28-29H,1-21,23H2. The van der Waals surface area contributed by atoms with E-state index in [1.807, 2.05) is 5.57 Å². The van der Waals surface area contributed by atoms with Gasteiger partial charge in [0.25, 0.3) is 0 Å². The van der Waals surface area contributed by atoms with Crippen LogP contribution in [0.4, 0.5) is 0 Å². The lowest BCUT2D eigenvalue weighted by atomic mass is 9.62. The van der Waals surface area contributed by atoms with E-state index in [-0.39, 0.29) is 0 Å². The topological polar surface area (TPSA) is 14.1 Å². The Morgan fingerprint density at radius 3 is 1.47 bits per heavy atom. The maximum absolute atomic E-state index is 5.12. The second-order valence-corrected chi connectivity index (χ2v) is 11.4. The Hall–Kier alpha value is -0.460. The fourth-order valence-corrected chi connectivity index (χ4v) is 7.72. The molecule has 1 radical (unpaired) electrons. The Kier molecular flexibility index (Phi) is 9.50. The predicted octanol–water partition coefficient (Wildman–Crippen LogP) is 8.80. The Morgan fingerprint density at radius 1 is 0.500 bits per heavy atom. The van der Waals surface area contributed by atoms with Crippen molar-refractivity contribution < 1.29 is 0 Å². The molecule has 3 saturated carbocycles. The lowest BCUT2D eigenvalue weighted by Crippen LogP contribution is -2.41. The molecule has 1 heteroatoms. The Bertz CT molecular complexity index is 484. The molecule has 0 aromatic rings. The molecule has 4 rings (SSSR count). The van der Waals surface area contributed by atoms with Gasteiger partial charge in [0.1, 0.15) is 0 Å². The first-order chi connectivity index (χ1) is 14.9. The van der Waals surface area contributed by atoms with Gasteiger partial charge >= 0.3 is 0 Å². The van der Waals surface area contributed by atoms with Gasteiger partial charge in [-0.15, -0.1) is 0 Å². The largest absolute Gasteiger partial charge is 0.293 e. The summed E-state index contributed by atoms with van der Waals surface area (Å²) in [7, 11) is 0. The molecule has 0 saturated heterocycles. The number of allylic oxidation sites excluding steroid dienone is 1. The molecule has 2 unspecified atom stereocenters. The summed E-state index contributed by atoms with van der Waals surface area (Å²) < 4.78 is 0. The van der Waals surface area contributed by atoms with Crippen LogP contribution in [0.1, 0.15) is 135 Å². The molecular weight excluding hydrogens is 362 g/mol. The highest BCUT2D eigenvalue weighted by atomic mass is 14.9. The highest BCUT2D eigenvalue weighted by Crippen LogP contribution is 2.48. The molecule has 0 aromatic carbocycles. The summed E-state index contributed by atoms with van der Waals surface area (Å²) in [6, 6.07) is 0. The lowest BCUT2D eigenvalue weighted by Gasteiger charge is -2.45. The molecule has 0 bridgehead atoms. The summed E-state index contributed by atoms with van der Waals surface area (Å²) in [4.78, 5) is 0. The minimum absolute atomic E-state index is 0.862. The summed E-state index contributed by atoms with van der Waals surface area (Å²) in [6.07, 6.45) is 33.6. The van der Waals surface area contributed by atoms with Crippen molar-refractivity contribution in [1.29, 1.82) is 0 Å². The minimum Gasteiger partial charge on any atom is -0.293 e. The molecular formula is C29H50N. The van der Waals surface area contributed by atoms with Crippen molar-refractivity contribution in [3.63, 3.8) is 0 Å².